The second kappa shape index (κ2) is 5.74. The molecule has 1 aliphatic rings. The SMILES string of the molecule is OC(Cc1ccc(Cl)c(Cl)c1)c1ccc2c(c1)COC2. The molecule has 4 heteroatoms. The maximum atomic E-state index is 10.3. The lowest BCUT2D eigenvalue weighted by Crippen LogP contribution is -2.02. The molecule has 2 nitrogen and oxygen atoms in total. The Morgan fingerprint density at radius 3 is 2.60 bits per heavy atom. The van der Waals surface area contributed by atoms with Gasteiger partial charge in [0.25, 0.3) is 0 Å². The summed E-state index contributed by atoms with van der Waals surface area (Å²) in [5.74, 6) is 0. The first-order valence-electron chi connectivity index (χ1n) is 6.45. The van der Waals surface area contributed by atoms with E-state index in [0.717, 1.165) is 16.7 Å². The molecule has 0 saturated carbocycles. The summed E-state index contributed by atoms with van der Waals surface area (Å²) < 4.78 is 5.38. The molecule has 1 N–H and O–H groups in total. The number of ether oxygens (including phenoxy) is 1. The van der Waals surface area contributed by atoms with E-state index in [1.807, 2.05) is 24.3 Å². The summed E-state index contributed by atoms with van der Waals surface area (Å²) >= 11 is 11.9. The van der Waals surface area contributed by atoms with Crippen LogP contribution in [0.2, 0.25) is 10.0 Å². The molecule has 0 amide bonds. The third-order valence-corrected chi connectivity index (χ3v) is 4.28. The lowest BCUT2D eigenvalue weighted by Gasteiger charge is -2.13. The molecule has 1 heterocycles. The van der Waals surface area contributed by atoms with Gasteiger partial charge in [-0.3, -0.25) is 0 Å². The van der Waals surface area contributed by atoms with Crippen molar-refractivity contribution in [2.75, 3.05) is 0 Å². The molecule has 3 rings (SSSR count). The number of halogens is 2. The molecule has 0 radical (unpaired) electrons. The van der Waals surface area contributed by atoms with Crippen LogP contribution in [-0.2, 0) is 24.4 Å². The van der Waals surface area contributed by atoms with Crippen LogP contribution in [-0.4, -0.2) is 5.11 Å². The molecule has 0 aliphatic carbocycles. The van der Waals surface area contributed by atoms with Crippen molar-refractivity contribution >= 4 is 23.2 Å². The van der Waals surface area contributed by atoms with E-state index < -0.39 is 6.10 Å². The molecule has 0 aromatic heterocycles. The van der Waals surface area contributed by atoms with E-state index in [1.165, 1.54) is 5.56 Å². The minimum absolute atomic E-state index is 0.510. The highest BCUT2D eigenvalue weighted by molar-refractivity contribution is 6.42. The highest BCUT2D eigenvalue weighted by Gasteiger charge is 2.15. The second-order valence-electron chi connectivity index (χ2n) is 4.99. The number of benzene rings is 2. The van der Waals surface area contributed by atoms with E-state index in [2.05, 4.69) is 0 Å². The van der Waals surface area contributed by atoms with Gasteiger partial charge in [-0.05, 0) is 34.4 Å². The van der Waals surface area contributed by atoms with Crippen molar-refractivity contribution in [1.82, 2.24) is 0 Å². The number of aliphatic hydroxyl groups is 1. The Kier molecular flexibility index (Phi) is 3.99. The van der Waals surface area contributed by atoms with Gasteiger partial charge < -0.3 is 9.84 Å². The second-order valence-corrected chi connectivity index (χ2v) is 5.80. The maximum Gasteiger partial charge on any atom is 0.0830 e. The molecule has 0 saturated heterocycles. The van der Waals surface area contributed by atoms with Crippen molar-refractivity contribution in [3.8, 4) is 0 Å². The first-order valence-corrected chi connectivity index (χ1v) is 7.20. The van der Waals surface area contributed by atoms with Gasteiger partial charge in [-0.15, -0.1) is 0 Å². The first kappa shape index (κ1) is 13.9. The Bertz CT molecular complexity index is 640. The van der Waals surface area contributed by atoms with Crippen LogP contribution in [0.5, 0.6) is 0 Å². The molecule has 0 bridgehead atoms. The van der Waals surface area contributed by atoms with Gasteiger partial charge in [0.1, 0.15) is 0 Å². The minimum Gasteiger partial charge on any atom is -0.388 e. The van der Waals surface area contributed by atoms with Crippen LogP contribution in [0.3, 0.4) is 0 Å². The van der Waals surface area contributed by atoms with Crippen molar-refractivity contribution < 1.29 is 9.84 Å². The Morgan fingerprint density at radius 1 is 1.00 bits per heavy atom. The normalized spacial score (nSPS) is 15.2. The summed E-state index contributed by atoms with van der Waals surface area (Å²) in [6.45, 7) is 1.29. The molecular weight excluding hydrogens is 295 g/mol. The average Bonchev–Trinajstić information content (AvgIpc) is 2.90. The number of hydrogen-bond donors (Lipinski definition) is 1. The number of hydrogen-bond acceptors (Lipinski definition) is 2. The minimum atomic E-state index is -0.557. The fourth-order valence-electron chi connectivity index (χ4n) is 2.41. The largest absolute Gasteiger partial charge is 0.388 e. The molecule has 0 fully saturated rings. The smallest absolute Gasteiger partial charge is 0.0830 e. The highest BCUT2D eigenvalue weighted by atomic mass is 35.5. The average molecular weight is 309 g/mol. The number of rotatable bonds is 3. The fraction of sp³-hybridized carbons (Fsp3) is 0.250. The molecule has 2 aromatic carbocycles. The van der Waals surface area contributed by atoms with Crippen molar-refractivity contribution in [2.45, 2.75) is 25.7 Å². The van der Waals surface area contributed by atoms with Gasteiger partial charge in [0.15, 0.2) is 0 Å². The predicted octanol–water partition coefficient (Wildman–Crippen LogP) is 4.30. The first-order chi connectivity index (χ1) is 9.63. The van der Waals surface area contributed by atoms with Crippen LogP contribution in [0.25, 0.3) is 0 Å². The van der Waals surface area contributed by atoms with Crippen LogP contribution in [0.1, 0.15) is 28.4 Å². The summed E-state index contributed by atoms with van der Waals surface area (Å²) in [6, 6.07) is 11.4. The van der Waals surface area contributed by atoms with Crippen molar-refractivity contribution in [2.24, 2.45) is 0 Å². The van der Waals surface area contributed by atoms with E-state index in [9.17, 15) is 5.11 Å². The quantitative estimate of drug-likeness (QED) is 0.916. The molecule has 2 aromatic rings. The summed E-state index contributed by atoms with van der Waals surface area (Å²) in [4.78, 5) is 0. The number of fused-ring (bicyclic) bond motifs is 1. The van der Waals surface area contributed by atoms with Crippen LogP contribution in [0.4, 0.5) is 0 Å². The predicted molar refractivity (Wildman–Crippen MR) is 80.1 cm³/mol. The van der Waals surface area contributed by atoms with Gasteiger partial charge >= 0.3 is 0 Å². The van der Waals surface area contributed by atoms with Crippen LogP contribution >= 0.6 is 23.2 Å². The Hall–Kier alpha value is -1.06. The maximum absolute atomic E-state index is 10.3. The lowest BCUT2D eigenvalue weighted by atomic mass is 9.98. The molecule has 1 unspecified atom stereocenters. The van der Waals surface area contributed by atoms with Gasteiger partial charge in [-0.1, -0.05) is 47.5 Å². The van der Waals surface area contributed by atoms with Gasteiger partial charge in [0.2, 0.25) is 0 Å². The van der Waals surface area contributed by atoms with E-state index in [-0.39, 0.29) is 0 Å². The number of aliphatic hydroxyl groups excluding tert-OH is 1. The topological polar surface area (TPSA) is 29.5 Å². The van der Waals surface area contributed by atoms with Crippen molar-refractivity contribution in [3.63, 3.8) is 0 Å². The Labute approximate surface area is 127 Å². The lowest BCUT2D eigenvalue weighted by molar-refractivity contribution is 0.134. The zero-order valence-electron chi connectivity index (χ0n) is 10.8. The molecule has 104 valence electrons. The molecule has 1 aliphatic heterocycles. The Morgan fingerprint density at radius 2 is 1.80 bits per heavy atom. The standard InChI is InChI=1S/C16H14Cl2O2/c17-14-4-1-10(5-15(14)18)6-16(19)11-2-3-12-8-20-9-13(12)7-11/h1-5,7,16,19H,6,8-9H2. The summed E-state index contributed by atoms with van der Waals surface area (Å²) in [5.41, 5.74) is 4.23. The van der Waals surface area contributed by atoms with Crippen LogP contribution in [0.15, 0.2) is 36.4 Å². The zero-order chi connectivity index (χ0) is 14.1. The van der Waals surface area contributed by atoms with E-state index in [0.29, 0.717) is 29.7 Å². The van der Waals surface area contributed by atoms with E-state index in [4.69, 9.17) is 27.9 Å². The zero-order valence-corrected chi connectivity index (χ0v) is 12.3. The van der Waals surface area contributed by atoms with Crippen molar-refractivity contribution in [3.05, 3.63) is 68.7 Å². The summed E-state index contributed by atoms with van der Waals surface area (Å²) in [6.07, 6.45) is -0.0468. The van der Waals surface area contributed by atoms with Gasteiger partial charge in [0.05, 0.1) is 29.4 Å². The molecule has 0 spiro atoms. The third kappa shape index (κ3) is 2.84. The Balaban J connectivity index is 1.78. The van der Waals surface area contributed by atoms with E-state index >= 15 is 0 Å². The monoisotopic (exact) mass is 308 g/mol. The summed E-state index contributed by atoms with van der Waals surface area (Å²) in [5, 5.41) is 11.4. The van der Waals surface area contributed by atoms with Crippen LogP contribution in [0, 0.1) is 0 Å². The van der Waals surface area contributed by atoms with E-state index in [1.54, 1.807) is 12.1 Å². The molecule has 1 atom stereocenters. The highest BCUT2D eigenvalue weighted by Crippen LogP contribution is 2.28. The third-order valence-electron chi connectivity index (χ3n) is 3.54. The summed E-state index contributed by atoms with van der Waals surface area (Å²) in [7, 11) is 0. The van der Waals surface area contributed by atoms with Gasteiger partial charge in [0, 0.05) is 6.42 Å². The van der Waals surface area contributed by atoms with Gasteiger partial charge in [-0.2, -0.15) is 0 Å². The van der Waals surface area contributed by atoms with Gasteiger partial charge in [-0.25, -0.2) is 0 Å². The van der Waals surface area contributed by atoms with Crippen molar-refractivity contribution in [1.29, 1.82) is 0 Å². The van der Waals surface area contributed by atoms with Crippen LogP contribution < -0.4 is 0 Å². The fourth-order valence-corrected chi connectivity index (χ4v) is 2.73. The molecular formula is C16H14Cl2O2. The molecule has 20 heavy (non-hydrogen) atoms.